The topological polar surface area (TPSA) is 145 Å². The van der Waals surface area contributed by atoms with Crippen LogP contribution in [0.4, 0.5) is 11.4 Å². The second kappa shape index (κ2) is 8.35. The number of hydrogen-bond acceptors (Lipinski definition) is 8. The summed E-state index contributed by atoms with van der Waals surface area (Å²) in [6, 6.07) is 16.6. The van der Waals surface area contributed by atoms with Crippen LogP contribution in [0, 0.1) is 13.8 Å². The zero-order valence-electron chi connectivity index (χ0n) is 19.5. The molecule has 5 rings (SSSR count). The molecule has 4 aromatic carbocycles. The predicted octanol–water partition coefficient (Wildman–Crippen LogP) is 5.24. The van der Waals surface area contributed by atoms with Crippen LogP contribution in [-0.4, -0.2) is 21.8 Å². The van der Waals surface area contributed by atoms with E-state index in [0.29, 0.717) is 11.5 Å². The van der Waals surface area contributed by atoms with E-state index in [1.165, 1.54) is 12.1 Å². The van der Waals surface area contributed by atoms with Gasteiger partial charge in [-0.05, 0) is 38.1 Å². The van der Waals surface area contributed by atoms with Gasteiger partial charge in [-0.3, -0.25) is 9.59 Å². The summed E-state index contributed by atoms with van der Waals surface area (Å²) in [6.45, 7) is 3.83. The lowest BCUT2D eigenvalue weighted by molar-refractivity contribution is 0.0974. The molecule has 0 aliphatic heterocycles. The van der Waals surface area contributed by atoms with Crippen LogP contribution in [-0.2, 0) is 0 Å². The van der Waals surface area contributed by atoms with Gasteiger partial charge >= 0.3 is 0 Å². The highest BCUT2D eigenvalue weighted by atomic mass is 16.5. The second-order valence-corrected chi connectivity index (χ2v) is 8.61. The Morgan fingerprint density at radius 2 is 0.917 bits per heavy atom. The van der Waals surface area contributed by atoms with Gasteiger partial charge in [-0.1, -0.05) is 35.4 Å². The van der Waals surface area contributed by atoms with Crippen LogP contribution in [0.15, 0.2) is 60.7 Å². The first-order chi connectivity index (χ1) is 17.2. The van der Waals surface area contributed by atoms with Gasteiger partial charge in [-0.15, -0.1) is 0 Å². The van der Waals surface area contributed by atoms with Crippen molar-refractivity contribution in [1.29, 1.82) is 0 Å². The summed E-state index contributed by atoms with van der Waals surface area (Å²) in [7, 11) is 0. The minimum Gasteiger partial charge on any atom is -0.504 e. The Balaban J connectivity index is 1.61. The van der Waals surface area contributed by atoms with Crippen LogP contribution < -0.4 is 20.9 Å². The van der Waals surface area contributed by atoms with Crippen molar-refractivity contribution in [2.75, 3.05) is 11.5 Å². The van der Waals surface area contributed by atoms with Crippen LogP contribution in [0.5, 0.6) is 34.5 Å². The van der Waals surface area contributed by atoms with Gasteiger partial charge in [0.05, 0.1) is 22.3 Å². The molecule has 4 aromatic rings. The fraction of sp³-hybridized carbons (Fsp3) is 0.0714. The second-order valence-electron chi connectivity index (χ2n) is 8.61. The highest BCUT2D eigenvalue weighted by molar-refractivity contribution is 6.33. The summed E-state index contributed by atoms with van der Waals surface area (Å²) in [5.41, 5.74) is 13.0. The smallest absolute Gasteiger partial charge is 0.200 e. The Morgan fingerprint density at radius 1 is 0.583 bits per heavy atom. The molecule has 0 aromatic heterocycles. The lowest BCUT2D eigenvalue weighted by Gasteiger charge is -2.24. The van der Waals surface area contributed by atoms with Crippen molar-refractivity contribution in [3.05, 3.63) is 94.0 Å². The van der Waals surface area contributed by atoms with Crippen molar-refractivity contribution in [1.82, 2.24) is 0 Å². The quantitative estimate of drug-likeness (QED) is 0.201. The molecule has 0 heterocycles. The van der Waals surface area contributed by atoms with E-state index in [4.69, 9.17) is 20.9 Å². The summed E-state index contributed by atoms with van der Waals surface area (Å²) < 4.78 is 11.5. The molecule has 36 heavy (non-hydrogen) atoms. The Bertz CT molecular complexity index is 1440. The number of carbonyl (C=O) groups is 2. The molecule has 0 unspecified atom stereocenters. The molecule has 0 amide bonds. The zero-order valence-corrected chi connectivity index (χ0v) is 19.5. The van der Waals surface area contributed by atoms with Gasteiger partial charge in [0.1, 0.15) is 11.5 Å². The van der Waals surface area contributed by atoms with Gasteiger partial charge in [-0.25, -0.2) is 0 Å². The van der Waals surface area contributed by atoms with Gasteiger partial charge in [-0.2, -0.15) is 0 Å². The number of benzene rings is 4. The average Bonchev–Trinajstić information content (AvgIpc) is 2.84. The third-order valence-corrected chi connectivity index (χ3v) is 6.00. The number of phenolic OH excluding ortho intramolecular Hbond substituents is 2. The monoisotopic (exact) mass is 482 g/mol. The number of nitrogen functional groups attached to an aromatic ring is 2. The van der Waals surface area contributed by atoms with E-state index in [2.05, 4.69) is 0 Å². The number of aromatic hydroxyl groups is 2. The molecule has 180 valence electrons. The molecule has 0 bridgehead atoms. The SMILES string of the molecule is Cc1ccc(Oc2cc(N)c3c(c2O)C(=O)c2c(N)cc(Oc4ccc(C)cc4)c(O)c2C3=O)cc1. The number of rotatable bonds is 4. The maximum atomic E-state index is 13.5. The summed E-state index contributed by atoms with van der Waals surface area (Å²) in [5.74, 6) is -2.03. The lowest BCUT2D eigenvalue weighted by Crippen LogP contribution is -2.24. The van der Waals surface area contributed by atoms with Crippen LogP contribution >= 0.6 is 0 Å². The van der Waals surface area contributed by atoms with E-state index in [1.807, 2.05) is 38.1 Å². The van der Waals surface area contributed by atoms with E-state index >= 15 is 0 Å². The molecule has 0 saturated carbocycles. The number of anilines is 2. The minimum atomic E-state index is -0.771. The van der Waals surface area contributed by atoms with Crippen molar-refractivity contribution >= 4 is 22.9 Å². The first-order valence-electron chi connectivity index (χ1n) is 11.0. The van der Waals surface area contributed by atoms with Crippen LogP contribution in [0.25, 0.3) is 0 Å². The maximum Gasteiger partial charge on any atom is 0.200 e. The fourth-order valence-corrected chi connectivity index (χ4v) is 4.14. The van der Waals surface area contributed by atoms with Crippen molar-refractivity contribution < 1.29 is 29.3 Å². The third kappa shape index (κ3) is 3.65. The molecule has 0 fully saturated rings. The van der Waals surface area contributed by atoms with E-state index in [1.54, 1.807) is 24.3 Å². The number of hydrogen-bond donors (Lipinski definition) is 4. The largest absolute Gasteiger partial charge is 0.504 e. The molecule has 8 heteroatoms. The lowest BCUT2D eigenvalue weighted by atomic mass is 9.81. The minimum absolute atomic E-state index is 0.0955. The van der Waals surface area contributed by atoms with Crippen LogP contribution in [0.1, 0.15) is 43.0 Å². The van der Waals surface area contributed by atoms with Crippen molar-refractivity contribution in [3.8, 4) is 34.5 Å². The summed E-state index contributed by atoms with van der Waals surface area (Å²) in [4.78, 5) is 27.0. The Morgan fingerprint density at radius 3 is 1.25 bits per heavy atom. The van der Waals surface area contributed by atoms with E-state index in [9.17, 15) is 19.8 Å². The Labute approximate surface area is 206 Å². The number of ketones is 2. The van der Waals surface area contributed by atoms with Gasteiger partial charge in [0.2, 0.25) is 11.6 Å². The number of phenols is 2. The van der Waals surface area contributed by atoms with Crippen LogP contribution in [0.2, 0.25) is 0 Å². The molecule has 1 aliphatic rings. The molecule has 0 radical (unpaired) electrons. The normalized spacial score (nSPS) is 12.2. The summed E-state index contributed by atoms with van der Waals surface area (Å²) in [6.07, 6.45) is 0. The number of ether oxygens (including phenoxy) is 2. The Hall–Kier alpha value is -4.98. The molecule has 0 saturated heterocycles. The first-order valence-corrected chi connectivity index (χ1v) is 11.0. The molecule has 6 N–H and O–H groups in total. The van der Waals surface area contributed by atoms with Crippen molar-refractivity contribution in [2.24, 2.45) is 0 Å². The van der Waals surface area contributed by atoms with Gasteiger partial charge in [0.25, 0.3) is 0 Å². The number of nitrogens with two attached hydrogens (primary N) is 2. The van der Waals surface area contributed by atoms with E-state index in [-0.39, 0.29) is 45.1 Å². The number of aryl methyl sites for hydroxylation is 2. The summed E-state index contributed by atoms with van der Waals surface area (Å²) >= 11 is 0. The van der Waals surface area contributed by atoms with E-state index in [0.717, 1.165) is 11.1 Å². The third-order valence-electron chi connectivity index (χ3n) is 6.00. The molecule has 8 nitrogen and oxygen atoms in total. The van der Waals surface area contributed by atoms with Gasteiger partial charge in [0, 0.05) is 23.5 Å². The molecule has 0 atom stereocenters. The van der Waals surface area contributed by atoms with Crippen LogP contribution in [0.3, 0.4) is 0 Å². The molecular formula is C28H22N2O6. The van der Waals surface area contributed by atoms with Gasteiger partial charge < -0.3 is 31.2 Å². The highest BCUT2D eigenvalue weighted by Crippen LogP contribution is 2.48. The number of carbonyl (C=O) groups excluding carboxylic acids is 2. The highest BCUT2D eigenvalue weighted by Gasteiger charge is 2.40. The fourth-order valence-electron chi connectivity index (χ4n) is 4.14. The first kappa shape index (κ1) is 22.8. The molecule has 1 aliphatic carbocycles. The summed E-state index contributed by atoms with van der Waals surface area (Å²) in [5, 5.41) is 21.9. The van der Waals surface area contributed by atoms with Gasteiger partial charge in [0.15, 0.2) is 23.0 Å². The van der Waals surface area contributed by atoms with E-state index < -0.39 is 23.1 Å². The predicted molar refractivity (Wildman–Crippen MR) is 134 cm³/mol. The maximum absolute atomic E-state index is 13.5. The van der Waals surface area contributed by atoms with Crippen molar-refractivity contribution in [3.63, 3.8) is 0 Å². The van der Waals surface area contributed by atoms with Crippen molar-refractivity contribution in [2.45, 2.75) is 13.8 Å². The number of fused-ring (bicyclic) bond motifs is 2. The Kier molecular flexibility index (Phi) is 5.29. The molecule has 0 spiro atoms. The molecular weight excluding hydrogens is 460 g/mol. The standard InChI is InChI=1S/C28H22N2O6/c1-13-3-7-15(8-4-13)35-19-11-17(29)21-23(25(19)31)27(33)22-18(30)12-20(26(32)24(22)28(21)34)36-16-9-5-14(2)6-10-16/h3-12,31-32H,29-30H2,1-2H3. The zero-order chi connectivity index (χ0) is 25.7. The average molecular weight is 482 g/mol.